The van der Waals surface area contributed by atoms with Gasteiger partial charge in [0.15, 0.2) is 6.61 Å². The molecule has 2 aromatic rings. The van der Waals surface area contributed by atoms with E-state index in [0.29, 0.717) is 29.2 Å². The Morgan fingerprint density at radius 2 is 1.64 bits per heavy atom. The van der Waals surface area contributed by atoms with Crippen molar-refractivity contribution in [2.45, 2.75) is 6.61 Å². The molecule has 0 spiro atoms. The van der Waals surface area contributed by atoms with E-state index in [1.165, 1.54) is 14.2 Å². The zero-order valence-electron chi connectivity index (χ0n) is 14.4. The number of carbonyl (C=O) groups is 2. The lowest BCUT2D eigenvalue weighted by atomic mass is 10.1. The third-order valence-corrected chi connectivity index (χ3v) is 3.54. The lowest BCUT2D eigenvalue weighted by molar-refractivity contribution is 0.0474. The average molecular weight is 344 g/mol. The molecule has 0 heterocycles. The monoisotopic (exact) mass is 344 g/mol. The SMILES string of the molecule is COCc1ccc(C(=O)OCC(=O)c2ccc(OC)cc2OC)cc1. The largest absolute Gasteiger partial charge is 0.497 e. The minimum atomic E-state index is -0.565. The molecule has 0 atom stereocenters. The smallest absolute Gasteiger partial charge is 0.338 e. The molecule has 6 heteroatoms. The number of esters is 1. The highest BCUT2D eigenvalue weighted by molar-refractivity contribution is 6.01. The van der Waals surface area contributed by atoms with Crippen molar-refractivity contribution in [2.75, 3.05) is 27.9 Å². The highest BCUT2D eigenvalue weighted by atomic mass is 16.5. The second kappa shape index (κ2) is 8.84. The summed E-state index contributed by atoms with van der Waals surface area (Å²) in [5, 5.41) is 0. The van der Waals surface area contributed by atoms with Gasteiger partial charge in [0.05, 0.1) is 32.0 Å². The number of hydrogen-bond donors (Lipinski definition) is 0. The van der Waals surface area contributed by atoms with Crippen molar-refractivity contribution in [2.24, 2.45) is 0 Å². The van der Waals surface area contributed by atoms with Crippen LogP contribution >= 0.6 is 0 Å². The summed E-state index contributed by atoms with van der Waals surface area (Å²) in [6, 6.07) is 11.6. The molecule has 0 aromatic heterocycles. The van der Waals surface area contributed by atoms with Crippen molar-refractivity contribution >= 4 is 11.8 Å². The Labute approximate surface area is 146 Å². The van der Waals surface area contributed by atoms with E-state index in [1.54, 1.807) is 49.6 Å². The fourth-order valence-electron chi connectivity index (χ4n) is 2.22. The normalized spacial score (nSPS) is 10.2. The predicted octanol–water partition coefficient (Wildman–Crippen LogP) is 2.89. The fraction of sp³-hybridized carbons (Fsp3) is 0.263. The first-order chi connectivity index (χ1) is 12.1. The first-order valence-electron chi connectivity index (χ1n) is 7.59. The summed E-state index contributed by atoms with van der Waals surface area (Å²) in [6.07, 6.45) is 0. The van der Waals surface area contributed by atoms with Crippen LogP contribution in [-0.2, 0) is 16.1 Å². The topological polar surface area (TPSA) is 71.1 Å². The molecule has 132 valence electrons. The van der Waals surface area contributed by atoms with Gasteiger partial charge < -0.3 is 18.9 Å². The van der Waals surface area contributed by atoms with Crippen LogP contribution in [0.2, 0.25) is 0 Å². The fourth-order valence-corrected chi connectivity index (χ4v) is 2.22. The van der Waals surface area contributed by atoms with Gasteiger partial charge in [-0.15, -0.1) is 0 Å². The molecule has 2 aromatic carbocycles. The quantitative estimate of drug-likeness (QED) is 0.542. The lowest BCUT2D eigenvalue weighted by Crippen LogP contribution is -2.15. The van der Waals surface area contributed by atoms with Crippen LogP contribution in [0.25, 0.3) is 0 Å². The van der Waals surface area contributed by atoms with Gasteiger partial charge in [0.2, 0.25) is 5.78 Å². The first kappa shape index (κ1) is 18.5. The van der Waals surface area contributed by atoms with Crippen LogP contribution in [-0.4, -0.2) is 39.7 Å². The molecule has 2 rings (SSSR count). The molecule has 0 N–H and O–H groups in total. The van der Waals surface area contributed by atoms with Crippen molar-refractivity contribution in [3.63, 3.8) is 0 Å². The van der Waals surface area contributed by atoms with E-state index >= 15 is 0 Å². The second-order valence-electron chi connectivity index (χ2n) is 5.20. The third kappa shape index (κ3) is 4.81. The van der Waals surface area contributed by atoms with Crippen LogP contribution in [0.1, 0.15) is 26.3 Å². The van der Waals surface area contributed by atoms with Crippen LogP contribution < -0.4 is 9.47 Å². The molecule has 0 aliphatic heterocycles. The third-order valence-electron chi connectivity index (χ3n) is 3.54. The van der Waals surface area contributed by atoms with E-state index in [0.717, 1.165) is 5.56 Å². The van der Waals surface area contributed by atoms with Gasteiger partial charge in [-0.05, 0) is 29.8 Å². The molecule has 0 bridgehead atoms. The highest BCUT2D eigenvalue weighted by Crippen LogP contribution is 2.25. The maximum absolute atomic E-state index is 12.3. The Balaban J connectivity index is 2.00. The zero-order chi connectivity index (χ0) is 18.2. The molecule has 0 amide bonds. The molecular formula is C19H20O6. The van der Waals surface area contributed by atoms with E-state index in [9.17, 15) is 9.59 Å². The summed E-state index contributed by atoms with van der Waals surface area (Å²) in [5.41, 5.74) is 1.64. The van der Waals surface area contributed by atoms with Crippen LogP contribution in [0, 0.1) is 0 Å². The molecule has 6 nitrogen and oxygen atoms in total. The summed E-state index contributed by atoms with van der Waals surface area (Å²) in [7, 11) is 4.58. The summed E-state index contributed by atoms with van der Waals surface area (Å²) in [5.74, 6) is 0.0134. The number of carbonyl (C=O) groups excluding carboxylic acids is 2. The minimum absolute atomic E-state index is 0.326. The van der Waals surface area contributed by atoms with Crippen LogP contribution in [0.4, 0.5) is 0 Å². The van der Waals surface area contributed by atoms with Gasteiger partial charge in [-0.3, -0.25) is 4.79 Å². The molecule has 0 aliphatic carbocycles. The maximum atomic E-state index is 12.3. The number of benzene rings is 2. The Kier molecular flexibility index (Phi) is 6.54. The van der Waals surface area contributed by atoms with Gasteiger partial charge in [-0.2, -0.15) is 0 Å². The molecule has 0 fully saturated rings. The molecule has 0 saturated heterocycles. The van der Waals surface area contributed by atoms with Crippen molar-refractivity contribution in [1.29, 1.82) is 0 Å². The number of rotatable bonds is 8. The number of hydrogen-bond acceptors (Lipinski definition) is 6. The number of Topliss-reactive ketones (excluding diaryl/α,β-unsaturated/α-hetero) is 1. The Morgan fingerprint density at radius 1 is 0.920 bits per heavy atom. The molecule has 25 heavy (non-hydrogen) atoms. The number of ketones is 1. The molecule has 0 aliphatic rings. The van der Waals surface area contributed by atoms with Gasteiger partial charge in [-0.1, -0.05) is 12.1 Å². The number of ether oxygens (including phenoxy) is 4. The minimum Gasteiger partial charge on any atom is -0.497 e. The predicted molar refractivity (Wildman–Crippen MR) is 91.3 cm³/mol. The van der Waals surface area contributed by atoms with Gasteiger partial charge in [0, 0.05) is 13.2 Å². The van der Waals surface area contributed by atoms with Crippen LogP contribution in [0.15, 0.2) is 42.5 Å². The molecule has 0 radical (unpaired) electrons. The zero-order valence-corrected chi connectivity index (χ0v) is 14.4. The standard InChI is InChI=1S/C19H20O6/c1-22-11-13-4-6-14(7-5-13)19(21)25-12-17(20)16-9-8-15(23-2)10-18(16)24-3/h4-10H,11-12H2,1-3H3. The Bertz CT molecular complexity index is 736. The van der Waals surface area contributed by atoms with E-state index in [2.05, 4.69) is 0 Å². The van der Waals surface area contributed by atoms with E-state index in [4.69, 9.17) is 18.9 Å². The van der Waals surface area contributed by atoms with Crippen LogP contribution in [0.3, 0.4) is 0 Å². The lowest BCUT2D eigenvalue weighted by Gasteiger charge is -2.10. The summed E-state index contributed by atoms with van der Waals surface area (Å²) < 4.78 is 20.4. The van der Waals surface area contributed by atoms with Crippen molar-refractivity contribution in [3.05, 3.63) is 59.2 Å². The van der Waals surface area contributed by atoms with Crippen molar-refractivity contribution < 1.29 is 28.5 Å². The molecule has 0 saturated carbocycles. The second-order valence-corrected chi connectivity index (χ2v) is 5.20. The van der Waals surface area contributed by atoms with Crippen LogP contribution in [0.5, 0.6) is 11.5 Å². The van der Waals surface area contributed by atoms with Crippen molar-refractivity contribution in [3.8, 4) is 11.5 Å². The Morgan fingerprint density at radius 3 is 2.24 bits per heavy atom. The Hall–Kier alpha value is -2.86. The van der Waals surface area contributed by atoms with Crippen molar-refractivity contribution in [1.82, 2.24) is 0 Å². The summed E-state index contributed by atoms with van der Waals surface area (Å²) >= 11 is 0. The van der Waals surface area contributed by atoms with Gasteiger partial charge in [0.1, 0.15) is 11.5 Å². The van der Waals surface area contributed by atoms with E-state index < -0.39 is 5.97 Å². The van der Waals surface area contributed by atoms with Gasteiger partial charge in [-0.25, -0.2) is 4.79 Å². The number of methoxy groups -OCH3 is 3. The molecular weight excluding hydrogens is 324 g/mol. The van der Waals surface area contributed by atoms with E-state index in [1.807, 2.05) is 0 Å². The average Bonchev–Trinajstić information content (AvgIpc) is 2.66. The highest BCUT2D eigenvalue weighted by Gasteiger charge is 2.16. The van der Waals surface area contributed by atoms with E-state index in [-0.39, 0.29) is 12.4 Å². The maximum Gasteiger partial charge on any atom is 0.338 e. The molecule has 0 unspecified atom stereocenters. The summed E-state index contributed by atoms with van der Waals surface area (Å²) in [6.45, 7) is 0.0897. The van der Waals surface area contributed by atoms with Gasteiger partial charge in [0.25, 0.3) is 0 Å². The summed E-state index contributed by atoms with van der Waals surface area (Å²) in [4.78, 5) is 24.3. The first-order valence-corrected chi connectivity index (χ1v) is 7.59. The van der Waals surface area contributed by atoms with Gasteiger partial charge >= 0.3 is 5.97 Å².